The van der Waals surface area contributed by atoms with Gasteiger partial charge in [0.25, 0.3) is 0 Å². The molecule has 1 aromatic rings. The monoisotopic (exact) mass is 550 g/mol. The summed E-state index contributed by atoms with van der Waals surface area (Å²) in [6.45, 7) is 8.27. The van der Waals surface area contributed by atoms with Gasteiger partial charge in [0, 0.05) is 31.9 Å². The van der Waals surface area contributed by atoms with Crippen molar-refractivity contribution in [2.75, 3.05) is 38.6 Å². The summed E-state index contributed by atoms with van der Waals surface area (Å²) >= 11 is 0. The fourth-order valence-electron chi connectivity index (χ4n) is 7.35. The van der Waals surface area contributed by atoms with Gasteiger partial charge in [-0.15, -0.1) is 0 Å². The van der Waals surface area contributed by atoms with E-state index in [4.69, 9.17) is 4.74 Å². The van der Waals surface area contributed by atoms with Crippen molar-refractivity contribution in [3.63, 3.8) is 0 Å². The number of hydrogen-bond donors (Lipinski definition) is 4. The second kappa shape index (κ2) is 10.1. The van der Waals surface area contributed by atoms with E-state index < -0.39 is 0 Å². The molecule has 2 amide bonds. The van der Waals surface area contributed by atoms with Gasteiger partial charge in [-0.2, -0.15) is 5.01 Å². The van der Waals surface area contributed by atoms with Gasteiger partial charge in [0.1, 0.15) is 19.1 Å². The highest BCUT2D eigenvalue weighted by molar-refractivity contribution is 5.82. The Kier molecular flexibility index (Phi) is 6.64. The summed E-state index contributed by atoms with van der Waals surface area (Å²) < 4.78 is 5.99. The Hall–Kier alpha value is -2.54. The lowest BCUT2D eigenvalue weighted by Crippen LogP contribution is -2.72. The van der Waals surface area contributed by atoms with Gasteiger partial charge in [-0.05, 0) is 55.0 Å². The zero-order valence-electron chi connectivity index (χ0n) is 23.7. The number of nitrogens with zero attached hydrogens (tertiary/aromatic N) is 4. The molecule has 0 spiro atoms. The number of fused-ring (bicyclic) bond motifs is 6. The molecule has 216 valence electrons. The van der Waals surface area contributed by atoms with Gasteiger partial charge in [0.15, 0.2) is 0 Å². The Bertz CT molecular complexity index is 1210. The Morgan fingerprint density at radius 3 is 2.77 bits per heavy atom. The maximum Gasteiger partial charge on any atom is 0.249 e. The van der Waals surface area contributed by atoms with E-state index in [0.29, 0.717) is 19.6 Å². The van der Waals surface area contributed by atoms with E-state index in [1.54, 1.807) is 0 Å². The zero-order chi connectivity index (χ0) is 27.6. The van der Waals surface area contributed by atoms with Crippen LogP contribution in [0.4, 0.5) is 5.69 Å². The molecular formula is C29H42N8O3. The number of hydrogen-bond acceptors (Lipinski definition) is 9. The summed E-state index contributed by atoms with van der Waals surface area (Å²) in [5.41, 5.74) is 3.72. The largest absolute Gasteiger partial charge is 0.365 e. The molecule has 0 saturated carbocycles. The van der Waals surface area contributed by atoms with Crippen LogP contribution < -0.4 is 21.3 Å². The predicted molar refractivity (Wildman–Crippen MR) is 150 cm³/mol. The summed E-state index contributed by atoms with van der Waals surface area (Å²) in [6.07, 6.45) is 6.06. The minimum atomic E-state index is -0.209. The van der Waals surface area contributed by atoms with Gasteiger partial charge in [0.2, 0.25) is 11.8 Å². The van der Waals surface area contributed by atoms with E-state index >= 15 is 0 Å². The third kappa shape index (κ3) is 4.72. The van der Waals surface area contributed by atoms with Gasteiger partial charge < -0.3 is 15.0 Å². The number of ether oxygens (including phenoxy) is 1. The average Bonchev–Trinajstić information content (AvgIpc) is 3.43. The molecule has 7 rings (SSSR count). The van der Waals surface area contributed by atoms with E-state index in [0.717, 1.165) is 38.0 Å². The van der Waals surface area contributed by atoms with E-state index in [-0.39, 0.29) is 60.6 Å². The molecule has 40 heavy (non-hydrogen) atoms. The van der Waals surface area contributed by atoms with Crippen LogP contribution in [-0.4, -0.2) is 95.8 Å². The average molecular weight is 551 g/mol. The minimum absolute atomic E-state index is 0.0283. The lowest BCUT2D eigenvalue weighted by molar-refractivity contribution is -0.179. The first kappa shape index (κ1) is 26.4. The number of piperidine rings is 1. The van der Waals surface area contributed by atoms with Crippen molar-refractivity contribution in [3.05, 3.63) is 41.5 Å². The second-order valence-corrected chi connectivity index (χ2v) is 13.1. The van der Waals surface area contributed by atoms with Crippen molar-refractivity contribution in [1.29, 1.82) is 0 Å². The molecule has 11 nitrogen and oxygen atoms in total. The molecule has 4 fully saturated rings. The lowest BCUT2D eigenvalue weighted by Gasteiger charge is -2.51. The molecule has 0 aliphatic carbocycles. The Morgan fingerprint density at radius 2 is 1.90 bits per heavy atom. The number of rotatable bonds is 2. The van der Waals surface area contributed by atoms with Crippen molar-refractivity contribution in [2.24, 2.45) is 11.3 Å². The molecule has 6 atom stereocenters. The predicted octanol–water partition coefficient (Wildman–Crippen LogP) is 0.771. The van der Waals surface area contributed by atoms with E-state index in [1.165, 1.54) is 11.1 Å². The van der Waals surface area contributed by atoms with Crippen LogP contribution in [0.2, 0.25) is 0 Å². The number of allylic oxidation sites excluding steroid dienone is 1. The summed E-state index contributed by atoms with van der Waals surface area (Å²) in [6, 6.07) is 6.58. The van der Waals surface area contributed by atoms with Gasteiger partial charge >= 0.3 is 0 Å². The number of amides is 2. The summed E-state index contributed by atoms with van der Waals surface area (Å²) in [7, 11) is 2.14. The topological polar surface area (TPSA) is 104 Å². The van der Waals surface area contributed by atoms with Crippen LogP contribution in [0.3, 0.4) is 0 Å². The van der Waals surface area contributed by atoms with Gasteiger partial charge in [-0.3, -0.25) is 35.4 Å². The van der Waals surface area contributed by atoms with Crippen molar-refractivity contribution in [3.8, 4) is 0 Å². The van der Waals surface area contributed by atoms with Crippen molar-refractivity contribution in [2.45, 2.75) is 77.1 Å². The zero-order valence-corrected chi connectivity index (χ0v) is 23.7. The second-order valence-electron chi connectivity index (χ2n) is 13.1. The highest BCUT2D eigenvalue weighted by atomic mass is 16.5. The summed E-state index contributed by atoms with van der Waals surface area (Å²) in [4.78, 5) is 31.1. The first-order chi connectivity index (χ1) is 19.3. The van der Waals surface area contributed by atoms with Gasteiger partial charge in [-0.1, -0.05) is 32.1 Å². The van der Waals surface area contributed by atoms with Crippen molar-refractivity contribution < 1.29 is 14.3 Å². The maximum atomic E-state index is 13.8. The Morgan fingerprint density at radius 1 is 1.05 bits per heavy atom. The maximum absolute atomic E-state index is 13.8. The lowest BCUT2D eigenvalue weighted by atomic mass is 9.87. The number of morpholine rings is 1. The van der Waals surface area contributed by atoms with Crippen LogP contribution in [0, 0.1) is 11.3 Å². The van der Waals surface area contributed by atoms with Crippen molar-refractivity contribution >= 4 is 17.5 Å². The molecule has 6 aliphatic rings. The van der Waals surface area contributed by atoms with Crippen molar-refractivity contribution in [1.82, 2.24) is 35.8 Å². The molecule has 6 aliphatic heterocycles. The van der Waals surface area contributed by atoms with Crippen LogP contribution in [0.15, 0.2) is 30.4 Å². The van der Waals surface area contributed by atoms with Crippen LogP contribution in [-0.2, 0) is 27.4 Å². The number of hydrazine groups is 1. The third-order valence-corrected chi connectivity index (χ3v) is 9.34. The molecule has 6 heterocycles. The first-order valence-corrected chi connectivity index (χ1v) is 14.7. The number of anilines is 1. The fraction of sp³-hybridized carbons (Fsp3) is 0.655. The van der Waals surface area contributed by atoms with E-state index in [2.05, 4.69) is 82.4 Å². The highest BCUT2D eigenvalue weighted by Gasteiger charge is 2.54. The molecule has 0 aromatic heterocycles. The molecular weight excluding hydrogens is 508 g/mol. The normalized spacial score (nSPS) is 36.8. The number of benzene rings is 1. The molecule has 2 bridgehead atoms. The Balaban J connectivity index is 1.15. The van der Waals surface area contributed by atoms with Crippen LogP contribution >= 0.6 is 0 Å². The molecule has 1 aromatic carbocycles. The molecule has 11 heteroatoms. The molecule has 4 saturated heterocycles. The molecule has 6 unspecified atom stereocenters. The Labute approximate surface area is 236 Å². The first-order valence-electron chi connectivity index (χ1n) is 14.7. The van der Waals surface area contributed by atoms with E-state index in [1.807, 2.05) is 9.91 Å². The third-order valence-electron chi connectivity index (χ3n) is 9.34. The van der Waals surface area contributed by atoms with Crippen LogP contribution in [0.1, 0.15) is 44.2 Å². The van der Waals surface area contributed by atoms with Gasteiger partial charge in [-0.25, -0.2) is 0 Å². The highest BCUT2D eigenvalue weighted by Crippen LogP contribution is 2.35. The number of carbonyl (C=O) groups is 2. The standard InChI is InChI=1S/C29H42N8O3/c1-29(2)10-4-5-11-36-27(39)21-13-30-28(31-20-7-6-18-14-34(3)15-19(18)12-20)33-25(21)37(36)23-9-8-22-26(32-23)35(17-29)24(38)16-40-22/h4-7,12,21-23,25-26,28,30-33H,8-11,13-17H2,1-3H3/b5-4-. The SMILES string of the molecule is CN1Cc2ccc(NC3NCC4C(=O)N5C/C=C\CC(C)(C)CN6C(=O)COC7CCC(NC76)N5C4N3)cc2C1. The number of carbonyl (C=O) groups excluding carboxylic acids is 2. The van der Waals surface area contributed by atoms with Crippen LogP contribution in [0.25, 0.3) is 0 Å². The van der Waals surface area contributed by atoms with Gasteiger partial charge in [0.05, 0.1) is 30.9 Å². The fourth-order valence-corrected chi connectivity index (χ4v) is 7.35. The molecule has 4 N–H and O–H groups in total. The molecule has 0 radical (unpaired) electrons. The summed E-state index contributed by atoms with van der Waals surface area (Å²) in [5, 5.41) is 18.7. The smallest absolute Gasteiger partial charge is 0.249 e. The minimum Gasteiger partial charge on any atom is -0.365 e. The van der Waals surface area contributed by atoms with E-state index in [9.17, 15) is 9.59 Å². The van der Waals surface area contributed by atoms with Crippen LogP contribution in [0.5, 0.6) is 0 Å². The quantitative estimate of drug-likeness (QED) is 0.398. The summed E-state index contributed by atoms with van der Waals surface area (Å²) in [5.74, 6) is -0.0520. The number of nitrogens with one attached hydrogen (secondary N) is 4.